The first-order chi connectivity index (χ1) is 5.86. The molecule has 0 aliphatic heterocycles. The van der Waals surface area contributed by atoms with Gasteiger partial charge in [-0.1, -0.05) is 6.08 Å². The monoisotopic (exact) mass is 164 g/mol. The molecule has 0 amide bonds. The first-order valence-corrected chi connectivity index (χ1v) is 3.73. The van der Waals surface area contributed by atoms with E-state index in [2.05, 4.69) is 4.98 Å². The van der Waals surface area contributed by atoms with Crippen molar-refractivity contribution >= 4 is 6.08 Å². The summed E-state index contributed by atoms with van der Waals surface area (Å²) >= 11 is 0. The van der Waals surface area contributed by atoms with E-state index >= 15 is 0 Å². The molecule has 1 heterocycles. The molecule has 0 aromatic carbocycles. The third kappa shape index (κ3) is 2.36. The summed E-state index contributed by atoms with van der Waals surface area (Å²) in [6.07, 6.45) is 5.41. The van der Waals surface area contributed by atoms with Crippen molar-refractivity contribution in [3.8, 4) is 5.75 Å². The molecule has 0 bridgehead atoms. The lowest BCUT2D eigenvalue weighted by Crippen LogP contribution is -1.92. The predicted octanol–water partition coefficient (Wildman–Crippen LogP) is 1.06. The minimum absolute atomic E-state index is 0.535. The molecule has 3 nitrogen and oxygen atoms in total. The van der Waals surface area contributed by atoms with Crippen molar-refractivity contribution < 1.29 is 4.74 Å². The highest BCUT2D eigenvalue weighted by atomic mass is 16.5. The maximum absolute atomic E-state index is 5.29. The van der Waals surface area contributed by atoms with Gasteiger partial charge >= 0.3 is 0 Å². The van der Waals surface area contributed by atoms with Gasteiger partial charge in [-0.15, -0.1) is 0 Å². The van der Waals surface area contributed by atoms with Gasteiger partial charge in [-0.2, -0.15) is 0 Å². The number of methoxy groups -OCH3 is 1. The van der Waals surface area contributed by atoms with E-state index < -0.39 is 0 Å². The summed E-state index contributed by atoms with van der Waals surface area (Å²) in [4.78, 5) is 4.12. The van der Waals surface area contributed by atoms with Crippen LogP contribution in [0.4, 0.5) is 0 Å². The van der Waals surface area contributed by atoms with Crippen LogP contribution in [0.5, 0.6) is 5.75 Å². The van der Waals surface area contributed by atoms with Gasteiger partial charge in [0.15, 0.2) is 0 Å². The fourth-order valence-corrected chi connectivity index (χ4v) is 0.800. The van der Waals surface area contributed by atoms with E-state index in [1.165, 1.54) is 0 Å². The minimum Gasteiger partial charge on any atom is -0.495 e. The zero-order valence-corrected chi connectivity index (χ0v) is 7.03. The quantitative estimate of drug-likeness (QED) is 0.726. The Labute approximate surface area is 71.9 Å². The molecule has 1 rings (SSSR count). The Morgan fingerprint density at radius 1 is 1.58 bits per heavy atom. The normalized spacial score (nSPS) is 10.5. The summed E-state index contributed by atoms with van der Waals surface area (Å²) in [6.45, 7) is 0.535. The molecule has 0 saturated heterocycles. The molecule has 1 aromatic heterocycles. The highest BCUT2D eigenvalue weighted by Crippen LogP contribution is 2.08. The van der Waals surface area contributed by atoms with Gasteiger partial charge in [0, 0.05) is 6.54 Å². The molecule has 0 unspecified atom stereocenters. The molecular formula is C9H12N2O. The fraction of sp³-hybridized carbons (Fsp3) is 0.222. The average molecular weight is 164 g/mol. The summed E-state index contributed by atoms with van der Waals surface area (Å²) < 4.78 is 4.96. The maximum atomic E-state index is 5.29. The lowest BCUT2D eigenvalue weighted by atomic mass is 10.3. The zero-order valence-electron chi connectivity index (χ0n) is 7.03. The molecule has 0 aliphatic carbocycles. The van der Waals surface area contributed by atoms with Crippen LogP contribution in [-0.2, 0) is 0 Å². The van der Waals surface area contributed by atoms with Crippen LogP contribution < -0.4 is 10.5 Å². The molecule has 0 spiro atoms. The molecule has 0 radical (unpaired) electrons. The van der Waals surface area contributed by atoms with Crippen LogP contribution >= 0.6 is 0 Å². The van der Waals surface area contributed by atoms with Gasteiger partial charge in [-0.25, -0.2) is 0 Å². The molecule has 64 valence electrons. The second-order valence-corrected chi connectivity index (χ2v) is 2.26. The second-order valence-electron chi connectivity index (χ2n) is 2.26. The Hall–Kier alpha value is -1.35. The predicted molar refractivity (Wildman–Crippen MR) is 48.9 cm³/mol. The lowest BCUT2D eigenvalue weighted by Gasteiger charge is -1.97. The van der Waals surface area contributed by atoms with E-state index in [4.69, 9.17) is 10.5 Å². The van der Waals surface area contributed by atoms with E-state index in [0.717, 1.165) is 11.4 Å². The van der Waals surface area contributed by atoms with E-state index in [9.17, 15) is 0 Å². The molecule has 0 fully saturated rings. The van der Waals surface area contributed by atoms with Crippen molar-refractivity contribution in [3.05, 3.63) is 30.1 Å². The fourth-order valence-electron chi connectivity index (χ4n) is 0.800. The molecule has 12 heavy (non-hydrogen) atoms. The van der Waals surface area contributed by atoms with Crippen molar-refractivity contribution in [2.24, 2.45) is 5.73 Å². The highest BCUT2D eigenvalue weighted by Gasteiger charge is 1.89. The van der Waals surface area contributed by atoms with Crippen molar-refractivity contribution in [3.63, 3.8) is 0 Å². The number of hydrogen-bond acceptors (Lipinski definition) is 3. The van der Waals surface area contributed by atoms with Crippen LogP contribution in [0.25, 0.3) is 6.08 Å². The maximum Gasteiger partial charge on any atom is 0.137 e. The first-order valence-electron chi connectivity index (χ1n) is 3.73. The number of nitrogens with zero attached hydrogens (tertiary/aromatic N) is 1. The van der Waals surface area contributed by atoms with Crippen molar-refractivity contribution in [1.82, 2.24) is 4.98 Å². The molecule has 0 saturated carbocycles. The molecule has 3 heteroatoms. The topological polar surface area (TPSA) is 48.1 Å². The van der Waals surface area contributed by atoms with Gasteiger partial charge in [0.2, 0.25) is 0 Å². The third-order valence-electron chi connectivity index (χ3n) is 1.42. The molecule has 0 aliphatic rings. The van der Waals surface area contributed by atoms with Crippen molar-refractivity contribution in [2.45, 2.75) is 0 Å². The van der Waals surface area contributed by atoms with Gasteiger partial charge in [-0.05, 0) is 18.2 Å². The molecule has 2 N–H and O–H groups in total. The average Bonchev–Trinajstić information content (AvgIpc) is 2.15. The largest absolute Gasteiger partial charge is 0.495 e. The number of hydrogen-bond donors (Lipinski definition) is 1. The number of rotatable bonds is 3. The van der Waals surface area contributed by atoms with Crippen LogP contribution in [0.2, 0.25) is 0 Å². The minimum atomic E-state index is 0.535. The number of pyridine rings is 1. The zero-order chi connectivity index (χ0) is 8.81. The summed E-state index contributed by atoms with van der Waals surface area (Å²) in [7, 11) is 1.62. The highest BCUT2D eigenvalue weighted by molar-refractivity contribution is 5.45. The van der Waals surface area contributed by atoms with Gasteiger partial charge in [-0.3, -0.25) is 4.98 Å². The van der Waals surface area contributed by atoms with Crippen LogP contribution in [0, 0.1) is 0 Å². The number of ether oxygens (including phenoxy) is 1. The Morgan fingerprint density at radius 2 is 2.42 bits per heavy atom. The van der Waals surface area contributed by atoms with E-state index in [1.54, 1.807) is 13.3 Å². The van der Waals surface area contributed by atoms with Crippen LogP contribution in [0.3, 0.4) is 0 Å². The van der Waals surface area contributed by atoms with E-state index in [-0.39, 0.29) is 0 Å². The third-order valence-corrected chi connectivity index (χ3v) is 1.42. The van der Waals surface area contributed by atoms with Crippen LogP contribution in [0.15, 0.2) is 24.4 Å². The van der Waals surface area contributed by atoms with Crippen molar-refractivity contribution in [2.75, 3.05) is 13.7 Å². The standard InChI is InChI=1S/C9H12N2O/c1-12-9-5-4-8(11-7-9)3-2-6-10/h2-5,7H,6,10H2,1H3/b3-2+. The smallest absolute Gasteiger partial charge is 0.137 e. The first kappa shape index (κ1) is 8.74. The summed E-state index contributed by atoms with van der Waals surface area (Å²) in [5, 5.41) is 0. The number of nitrogens with two attached hydrogens (primary N) is 1. The SMILES string of the molecule is COc1ccc(/C=C/CN)nc1. The molecule has 0 atom stereocenters. The number of aromatic nitrogens is 1. The second kappa shape index (κ2) is 4.51. The van der Waals surface area contributed by atoms with Gasteiger partial charge in [0.1, 0.15) is 5.75 Å². The van der Waals surface area contributed by atoms with Gasteiger partial charge in [0.05, 0.1) is 19.0 Å². The van der Waals surface area contributed by atoms with E-state index in [1.807, 2.05) is 24.3 Å². The Morgan fingerprint density at radius 3 is 2.92 bits per heavy atom. The Balaban J connectivity index is 2.71. The molecule has 1 aromatic rings. The van der Waals surface area contributed by atoms with E-state index in [0.29, 0.717) is 6.54 Å². The lowest BCUT2D eigenvalue weighted by molar-refractivity contribution is 0.413. The van der Waals surface area contributed by atoms with Gasteiger partial charge < -0.3 is 10.5 Å². The Bertz CT molecular complexity index is 254. The van der Waals surface area contributed by atoms with Crippen molar-refractivity contribution in [1.29, 1.82) is 0 Å². The summed E-state index contributed by atoms with van der Waals surface area (Å²) in [5.74, 6) is 0.764. The Kier molecular flexibility index (Phi) is 3.29. The van der Waals surface area contributed by atoms with Crippen LogP contribution in [-0.4, -0.2) is 18.6 Å². The summed E-state index contributed by atoms with van der Waals surface area (Å²) in [5.41, 5.74) is 6.18. The van der Waals surface area contributed by atoms with Crippen LogP contribution in [0.1, 0.15) is 5.69 Å². The molecular weight excluding hydrogens is 152 g/mol. The van der Waals surface area contributed by atoms with Gasteiger partial charge in [0.25, 0.3) is 0 Å². The summed E-state index contributed by atoms with van der Waals surface area (Å²) in [6, 6.07) is 3.74.